The molecule has 2 aromatic carbocycles. The van der Waals surface area contributed by atoms with Crippen molar-refractivity contribution in [1.82, 2.24) is 9.62 Å². The molecule has 1 saturated heterocycles. The number of hydrogen-bond donors (Lipinski definition) is 1. The first-order valence-corrected chi connectivity index (χ1v) is 12.7. The van der Waals surface area contributed by atoms with Gasteiger partial charge in [0.15, 0.2) is 0 Å². The third-order valence-corrected chi connectivity index (χ3v) is 8.54. The van der Waals surface area contributed by atoms with Gasteiger partial charge in [0.1, 0.15) is 0 Å². The number of carbonyl (C=O) groups excluding carboxylic acids is 1. The highest BCUT2D eigenvalue weighted by molar-refractivity contribution is 7.99. The second-order valence-electron chi connectivity index (χ2n) is 7.90. The molecule has 1 fully saturated rings. The van der Waals surface area contributed by atoms with Gasteiger partial charge in [0.05, 0.1) is 4.90 Å². The fourth-order valence-electron chi connectivity index (χ4n) is 3.71. The molecule has 1 N–H and O–H groups in total. The first-order chi connectivity index (χ1) is 14.3. The molecule has 0 aromatic heterocycles. The van der Waals surface area contributed by atoms with Crippen LogP contribution in [-0.2, 0) is 14.8 Å². The van der Waals surface area contributed by atoms with E-state index in [0.29, 0.717) is 37.4 Å². The number of carbonyl (C=O) groups is 1. The molecule has 30 heavy (non-hydrogen) atoms. The maximum absolute atomic E-state index is 13.0. The molecule has 1 aliphatic rings. The van der Waals surface area contributed by atoms with Gasteiger partial charge in [-0.3, -0.25) is 4.79 Å². The van der Waals surface area contributed by atoms with E-state index in [1.54, 1.807) is 17.8 Å². The predicted molar refractivity (Wildman–Crippen MR) is 122 cm³/mol. The Morgan fingerprint density at radius 2 is 1.67 bits per heavy atom. The normalized spacial score (nSPS) is 15.8. The van der Waals surface area contributed by atoms with Crippen molar-refractivity contribution in [3.8, 4) is 0 Å². The fraction of sp³-hybridized carbons (Fsp3) is 0.435. The number of sulfonamides is 1. The van der Waals surface area contributed by atoms with Gasteiger partial charge in [-0.2, -0.15) is 4.31 Å². The largest absolute Gasteiger partial charge is 0.355 e. The molecule has 7 heteroatoms. The number of nitrogens with one attached hydrogen (secondary N) is 1. The summed E-state index contributed by atoms with van der Waals surface area (Å²) in [6, 6.07) is 13.8. The van der Waals surface area contributed by atoms with Crippen LogP contribution in [0.3, 0.4) is 0 Å². The summed E-state index contributed by atoms with van der Waals surface area (Å²) in [6.45, 7) is 7.21. The second kappa shape index (κ2) is 9.98. The highest BCUT2D eigenvalue weighted by Crippen LogP contribution is 2.26. The first kappa shape index (κ1) is 22.8. The van der Waals surface area contributed by atoms with E-state index in [2.05, 4.69) is 36.5 Å². The van der Waals surface area contributed by atoms with Gasteiger partial charge in [-0.15, -0.1) is 11.8 Å². The molecule has 0 spiro atoms. The number of benzene rings is 2. The first-order valence-electron chi connectivity index (χ1n) is 10.3. The summed E-state index contributed by atoms with van der Waals surface area (Å²) in [7, 11) is -3.51. The number of hydrogen-bond acceptors (Lipinski definition) is 4. The summed E-state index contributed by atoms with van der Waals surface area (Å²) < 4.78 is 27.5. The van der Waals surface area contributed by atoms with Crippen molar-refractivity contribution in [1.29, 1.82) is 0 Å². The standard InChI is InChI=1S/C23H30N2O3S2/c1-17-4-7-21(8-5-17)29-15-12-24-23(26)20-10-13-25(14-11-20)30(27,28)22-9-6-18(2)16-19(22)3/h4-9,16,20H,10-15H2,1-3H3,(H,24,26). The second-order valence-corrected chi connectivity index (χ2v) is 11.0. The maximum Gasteiger partial charge on any atom is 0.243 e. The van der Waals surface area contributed by atoms with Gasteiger partial charge in [0, 0.05) is 36.2 Å². The molecule has 0 bridgehead atoms. The van der Waals surface area contributed by atoms with Crippen LogP contribution in [0.25, 0.3) is 0 Å². The molecule has 0 atom stereocenters. The number of aryl methyl sites for hydroxylation is 3. The Bertz CT molecular complexity index is 980. The molecular formula is C23H30N2O3S2. The third-order valence-electron chi connectivity index (χ3n) is 5.46. The van der Waals surface area contributed by atoms with Crippen LogP contribution < -0.4 is 5.32 Å². The lowest BCUT2D eigenvalue weighted by Crippen LogP contribution is -2.43. The molecule has 0 radical (unpaired) electrons. The van der Waals surface area contributed by atoms with E-state index in [-0.39, 0.29) is 11.8 Å². The molecule has 5 nitrogen and oxygen atoms in total. The summed E-state index contributed by atoms with van der Waals surface area (Å²) in [5, 5.41) is 3.01. The molecule has 1 heterocycles. The molecule has 1 aliphatic heterocycles. The van der Waals surface area contributed by atoms with Crippen LogP contribution in [0, 0.1) is 26.7 Å². The summed E-state index contributed by atoms with van der Waals surface area (Å²) >= 11 is 1.72. The zero-order valence-corrected chi connectivity index (χ0v) is 19.5. The molecule has 0 saturated carbocycles. The van der Waals surface area contributed by atoms with Gasteiger partial charge in [-0.1, -0.05) is 35.4 Å². The number of rotatable bonds is 7. The van der Waals surface area contributed by atoms with Crippen LogP contribution in [0.1, 0.15) is 29.5 Å². The van der Waals surface area contributed by atoms with Crippen LogP contribution in [0.5, 0.6) is 0 Å². The average Bonchev–Trinajstić information content (AvgIpc) is 2.72. The van der Waals surface area contributed by atoms with Gasteiger partial charge < -0.3 is 5.32 Å². The lowest BCUT2D eigenvalue weighted by atomic mass is 9.97. The number of nitrogens with zero attached hydrogens (tertiary/aromatic N) is 1. The average molecular weight is 447 g/mol. The summed E-state index contributed by atoms with van der Waals surface area (Å²) in [5.41, 5.74) is 3.04. The minimum Gasteiger partial charge on any atom is -0.355 e. The highest BCUT2D eigenvalue weighted by atomic mass is 32.2. The highest BCUT2D eigenvalue weighted by Gasteiger charge is 2.32. The quantitative estimate of drug-likeness (QED) is 0.517. The minimum absolute atomic E-state index is 0.0306. The monoisotopic (exact) mass is 446 g/mol. The van der Waals surface area contributed by atoms with E-state index < -0.39 is 10.0 Å². The molecule has 1 amide bonds. The zero-order valence-electron chi connectivity index (χ0n) is 17.8. The van der Waals surface area contributed by atoms with Gasteiger partial charge in [-0.25, -0.2) is 8.42 Å². The van der Waals surface area contributed by atoms with Crippen LogP contribution in [0.2, 0.25) is 0 Å². The van der Waals surface area contributed by atoms with Gasteiger partial charge in [0.2, 0.25) is 15.9 Å². The summed E-state index contributed by atoms with van der Waals surface area (Å²) in [6.07, 6.45) is 1.11. The molecule has 162 valence electrons. The van der Waals surface area contributed by atoms with Crippen molar-refractivity contribution >= 4 is 27.7 Å². The van der Waals surface area contributed by atoms with E-state index in [1.165, 1.54) is 14.8 Å². The van der Waals surface area contributed by atoms with Crippen molar-refractivity contribution in [3.63, 3.8) is 0 Å². The van der Waals surface area contributed by atoms with Crippen LogP contribution in [0.15, 0.2) is 52.3 Å². The lowest BCUT2D eigenvalue weighted by Gasteiger charge is -2.31. The molecule has 0 unspecified atom stereocenters. The van der Waals surface area contributed by atoms with E-state index in [0.717, 1.165) is 16.9 Å². The van der Waals surface area contributed by atoms with E-state index >= 15 is 0 Å². The van der Waals surface area contributed by atoms with Gasteiger partial charge in [-0.05, 0) is 57.4 Å². The van der Waals surface area contributed by atoms with Crippen molar-refractivity contribution in [2.24, 2.45) is 5.92 Å². The molecular weight excluding hydrogens is 416 g/mol. The maximum atomic E-state index is 13.0. The fourth-order valence-corrected chi connectivity index (χ4v) is 6.15. The number of thioether (sulfide) groups is 1. The Morgan fingerprint density at radius 3 is 2.30 bits per heavy atom. The van der Waals surface area contributed by atoms with Crippen molar-refractivity contribution in [2.75, 3.05) is 25.4 Å². The Labute approximate surface area is 184 Å². The van der Waals surface area contributed by atoms with Crippen LogP contribution in [-0.4, -0.2) is 44.0 Å². The van der Waals surface area contributed by atoms with Gasteiger partial charge in [0.25, 0.3) is 0 Å². The Balaban J connectivity index is 1.46. The zero-order chi connectivity index (χ0) is 21.7. The Kier molecular flexibility index (Phi) is 7.60. The molecule has 2 aromatic rings. The van der Waals surface area contributed by atoms with E-state index in [4.69, 9.17) is 0 Å². The number of amides is 1. The Hall–Kier alpha value is -1.83. The van der Waals surface area contributed by atoms with Crippen molar-refractivity contribution in [2.45, 2.75) is 43.4 Å². The van der Waals surface area contributed by atoms with E-state index in [9.17, 15) is 13.2 Å². The summed E-state index contributed by atoms with van der Waals surface area (Å²) in [5.74, 6) is 0.720. The van der Waals surface area contributed by atoms with Crippen LogP contribution >= 0.6 is 11.8 Å². The van der Waals surface area contributed by atoms with Crippen molar-refractivity contribution < 1.29 is 13.2 Å². The lowest BCUT2D eigenvalue weighted by molar-refractivity contribution is -0.125. The molecule has 0 aliphatic carbocycles. The number of piperidine rings is 1. The van der Waals surface area contributed by atoms with E-state index in [1.807, 2.05) is 26.0 Å². The summed E-state index contributed by atoms with van der Waals surface area (Å²) in [4.78, 5) is 14.0. The smallest absolute Gasteiger partial charge is 0.243 e. The topological polar surface area (TPSA) is 66.5 Å². The van der Waals surface area contributed by atoms with Crippen molar-refractivity contribution in [3.05, 3.63) is 59.2 Å². The minimum atomic E-state index is -3.51. The molecule has 3 rings (SSSR count). The SMILES string of the molecule is Cc1ccc(SCCNC(=O)C2CCN(S(=O)(=O)c3ccc(C)cc3C)CC2)cc1. The predicted octanol–water partition coefficient (Wildman–Crippen LogP) is 3.92. The van der Waals surface area contributed by atoms with Gasteiger partial charge >= 0.3 is 0 Å². The van der Waals surface area contributed by atoms with Crippen LogP contribution in [0.4, 0.5) is 0 Å². The third kappa shape index (κ3) is 5.65. The Morgan fingerprint density at radius 1 is 1.03 bits per heavy atom.